The number of carbonyl (C=O) groups is 2. The van der Waals surface area contributed by atoms with Gasteiger partial charge in [0.1, 0.15) is 5.25 Å². The minimum absolute atomic E-state index is 0.0945. The average Bonchev–Trinajstić information content (AvgIpc) is 2.81. The monoisotopic (exact) mass is 332 g/mol. The van der Waals surface area contributed by atoms with Crippen LogP contribution >= 0.6 is 11.8 Å². The Bertz CT molecular complexity index is 638. The molecule has 2 rings (SSSR count). The van der Waals surface area contributed by atoms with Crippen LogP contribution in [0.1, 0.15) is 25.8 Å². The van der Waals surface area contributed by atoms with Gasteiger partial charge >= 0.3 is 0 Å². The molecule has 6 nitrogen and oxygen atoms in total. The third-order valence-electron chi connectivity index (χ3n) is 3.00. The molecule has 0 radical (unpaired) electrons. The fourth-order valence-corrected chi connectivity index (χ4v) is 2.75. The minimum Gasteiger partial charge on any atom is -0.326 e. The van der Waals surface area contributed by atoms with Gasteiger partial charge < -0.3 is 10.6 Å². The van der Waals surface area contributed by atoms with Crippen LogP contribution < -0.4 is 10.6 Å². The van der Waals surface area contributed by atoms with E-state index in [1.165, 1.54) is 11.8 Å². The molecule has 1 aliphatic heterocycles. The molecule has 2 N–H and O–H groups in total. The molecule has 1 aliphatic rings. The Morgan fingerprint density at radius 2 is 2.09 bits per heavy atom. The summed E-state index contributed by atoms with van der Waals surface area (Å²) in [6.07, 6.45) is 1.79. The van der Waals surface area contributed by atoms with Gasteiger partial charge in [-0.05, 0) is 25.0 Å². The lowest BCUT2D eigenvalue weighted by atomic mass is 10.2. The predicted molar refractivity (Wildman–Crippen MR) is 94.7 cm³/mol. The zero-order chi connectivity index (χ0) is 16.8. The van der Waals surface area contributed by atoms with Gasteiger partial charge in [0.25, 0.3) is 0 Å². The number of carbonyl (C=O) groups excluding carboxylic acids is 2. The van der Waals surface area contributed by atoms with E-state index in [9.17, 15) is 9.59 Å². The van der Waals surface area contributed by atoms with Crippen molar-refractivity contribution in [2.45, 2.75) is 32.4 Å². The molecular formula is C16H20N4O2S. The smallest absolute Gasteiger partial charge is 0.240 e. The van der Waals surface area contributed by atoms with Crippen LogP contribution in [-0.4, -0.2) is 28.4 Å². The highest BCUT2D eigenvalue weighted by Gasteiger charge is 2.32. The standard InChI is InChI=1S/C16H20N4O2S/c1-10(2)9-17-20-16-19-15(22)13(23-16)8-14(21)18-12-6-4-11(3)5-7-12/h4-7,9-10,13H,8H2,1-3H3,(H,18,21)(H,19,20,22). The number of nitrogens with zero attached hydrogens (tertiary/aromatic N) is 2. The van der Waals surface area contributed by atoms with Gasteiger partial charge in [0.2, 0.25) is 11.8 Å². The number of benzene rings is 1. The summed E-state index contributed by atoms with van der Waals surface area (Å²) in [6, 6.07) is 7.51. The summed E-state index contributed by atoms with van der Waals surface area (Å²) in [7, 11) is 0. The highest BCUT2D eigenvalue weighted by atomic mass is 32.2. The molecule has 0 saturated carbocycles. The Labute approximate surface area is 139 Å². The normalized spacial score (nSPS) is 19.6. The molecule has 1 fully saturated rings. The van der Waals surface area contributed by atoms with Crippen molar-refractivity contribution in [2.75, 3.05) is 5.32 Å². The van der Waals surface area contributed by atoms with E-state index in [1.54, 1.807) is 6.21 Å². The van der Waals surface area contributed by atoms with Crippen molar-refractivity contribution in [3.05, 3.63) is 29.8 Å². The van der Waals surface area contributed by atoms with Crippen LogP contribution in [-0.2, 0) is 9.59 Å². The molecule has 23 heavy (non-hydrogen) atoms. The van der Waals surface area contributed by atoms with Gasteiger partial charge in [-0.2, -0.15) is 5.10 Å². The van der Waals surface area contributed by atoms with E-state index < -0.39 is 5.25 Å². The van der Waals surface area contributed by atoms with Gasteiger partial charge in [0.05, 0.1) is 0 Å². The first kappa shape index (κ1) is 17.2. The van der Waals surface area contributed by atoms with Crippen LogP contribution in [0.4, 0.5) is 5.69 Å². The molecule has 0 bridgehead atoms. The highest BCUT2D eigenvalue weighted by Crippen LogP contribution is 2.23. The Morgan fingerprint density at radius 1 is 1.39 bits per heavy atom. The number of thioether (sulfide) groups is 1. The Hall–Kier alpha value is -2.15. The van der Waals surface area contributed by atoms with E-state index >= 15 is 0 Å². The summed E-state index contributed by atoms with van der Waals surface area (Å²) in [5.41, 5.74) is 1.84. The lowest BCUT2D eigenvalue weighted by Gasteiger charge is -2.07. The number of amides is 2. The maximum absolute atomic E-state index is 12.0. The van der Waals surface area contributed by atoms with E-state index in [-0.39, 0.29) is 24.2 Å². The summed E-state index contributed by atoms with van der Waals surface area (Å²) in [5.74, 6) is -0.126. The number of anilines is 1. The molecule has 0 spiro atoms. The fraction of sp³-hybridized carbons (Fsp3) is 0.375. The Morgan fingerprint density at radius 3 is 2.74 bits per heavy atom. The number of aryl methyl sites for hydroxylation is 1. The van der Waals surface area contributed by atoms with Crippen molar-refractivity contribution in [3.8, 4) is 0 Å². The van der Waals surface area contributed by atoms with Crippen molar-refractivity contribution >= 4 is 40.6 Å². The van der Waals surface area contributed by atoms with Crippen molar-refractivity contribution in [2.24, 2.45) is 16.1 Å². The summed E-state index contributed by atoms with van der Waals surface area (Å²) < 4.78 is 0. The van der Waals surface area contributed by atoms with E-state index in [0.717, 1.165) is 11.3 Å². The van der Waals surface area contributed by atoms with Gasteiger partial charge in [-0.1, -0.05) is 43.3 Å². The van der Waals surface area contributed by atoms with Crippen LogP contribution in [0.2, 0.25) is 0 Å². The molecule has 122 valence electrons. The second-order valence-electron chi connectivity index (χ2n) is 5.63. The van der Waals surface area contributed by atoms with E-state index in [0.29, 0.717) is 5.17 Å². The quantitative estimate of drug-likeness (QED) is 0.642. The maximum Gasteiger partial charge on any atom is 0.240 e. The van der Waals surface area contributed by atoms with Crippen molar-refractivity contribution in [1.82, 2.24) is 5.32 Å². The number of nitrogens with one attached hydrogen (secondary N) is 2. The fourth-order valence-electron chi connectivity index (χ4n) is 1.82. The molecule has 7 heteroatoms. The molecule has 0 aromatic heterocycles. The van der Waals surface area contributed by atoms with Crippen LogP contribution in [0.25, 0.3) is 0 Å². The summed E-state index contributed by atoms with van der Waals surface area (Å²) in [5, 5.41) is 13.2. The molecule has 1 aromatic carbocycles. The van der Waals surface area contributed by atoms with Crippen LogP contribution in [0.15, 0.2) is 34.5 Å². The van der Waals surface area contributed by atoms with E-state index in [4.69, 9.17) is 0 Å². The average molecular weight is 332 g/mol. The maximum atomic E-state index is 12.0. The third-order valence-corrected chi connectivity index (χ3v) is 4.07. The van der Waals surface area contributed by atoms with E-state index in [2.05, 4.69) is 20.8 Å². The zero-order valence-corrected chi connectivity index (χ0v) is 14.2. The SMILES string of the molecule is Cc1ccc(NC(=O)CC2S/C(=N/N=CC(C)C)NC2=O)cc1. The third kappa shape index (κ3) is 5.52. The van der Waals surface area contributed by atoms with Crippen molar-refractivity contribution < 1.29 is 9.59 Å². The first-order valence-corrected chi connectivity index (χ1v) is 8.27. The van der Waals surface area contributed by atoms with Gasteiger partial charge in [-0.15, -0.1) is 5.10 Å². The van der Waals surface area contributed by atoms with Crippen molar-refractivity contribution in [1.29, 1.82) is 0 Å². The molecule has 0 aliphatic carbocycles. The van der Waals surface area contributed by atoms with Gasteiger partial charge in [-0.3, -0.25) is 9.59 Å². The summed E-state index contributed by atoms with van der Waals surface area (Å²) in [6.45, 7) is 5.96. The number of rotatable bonds is 5. The molecule has 1 heterocycles. The Kier molecular flexibility index (Phi) is 5.92. The van der Waals surface area contributed by atoms with Crippen molar-refractivity contribution in [3.63, 3.8) is 0 Å². The first-order valence-electron chi connectivity index (χ1n) is 7.39. The first-order chi connectivity index (χ1) is 10.9. The largest absolute Gasteiger partial charge is 0.326 e. The lowest BCUT2D eigenvalue weighted by molar-refractivity contribution is -0.122. The van der Waals surface area contributed by atoms with Crippen LogP contribution in [0, 0.1) is 12.8 Å². The number of amidine groups is 1. The molecule has 1 unspecified atom stereocenters. The molecular weight excluding hydrogens is 312 g/mol. The Balaban J connectivity index is 1.88. The topological polar surface area (TPSA) is 82.9 Å². The molecule has 2 amide bonds. The molecule has 1 saturated heterocycles. The second-order valence-corrected chi connectivity index (χ2v) is 6.82. The minimum atomic E-state index is -0.478. The highest BCUT2D eigenvalue weighted by molar-refractivity contribution is 8.15. The van der Waals surface area contributed by atoms with Crippen LogP contribution in [0.5, 0.6) is 0 Å². The molecule has 1 aromatic rings. The number of hydrogen-bond donors (Lipinski definition) is 2. The second kappa shape index (κ2) is 7.92. The van der Waals surface area contributed by atoms with Gasteiger partial charge in [-0.25, -0.2) is 0 Å². The summed E-state index contributed by atoms with van der Waals surface area (Å²) >= 11 is 1.23. The van der Waals surface area contributed by atoms with Gasteiger partial charge in [0, 0.05) is 18.3 Å². The predicted octanol–water partition coefficient (Wildman–Crippen LogP) is 2.55. The van der Waals surface area contributed by atoms with Crippen LogP contribution in [0.3, 0.4) is 0 Å². The summed E-state index contributed by atoms with van der Waals surface area (Å²) in [4.78, 5) is 23.9. The van der Waals surface area contributed by atoms with Gasteiger partial charge in [0.15, 0.2) is 5.17 Å². The zero-order valence-electron chi connectivity index (χ0n) is 13.4. The van der Waals surface area contributed by atoms with E-state index in [1.807, 2.05) is 45.0 Å². The number of hydrogen-bond acceptors (Lipinski definition) is 5. The molecule has 1 atom stereocenters. The lowest BCUT2D eigenvalue weighted by Crippen LogP contribution is -2.28.